The van der Waals surface area contributed by atoms with Crippen LogP contribution in [0.1, 0.15) is 33.6 Å². The highest BCUT2D eigenvalue weighted by atomic mass is 15.3. The van der Waals surface area contributed by atoms with E-state index in [9.17, 15) is 0 Å². The highest BCUT2D eigenvalue weighted by Crippen LogP contribution is 2.28. The molecule has 2 nitrogen and oxygen atoms in total. The van der Waals surface area contributed by atoms with Gasteiger partial charge in [0.05, 0.1) is 0 Å². The number of rotatable bonds is 0. The van der Waals surface area contributed by atoms with Crippen LogP contribution in [0.15, 0.2) is 0 Å². The Morgan fingerprint density at radius 3 is 2.25 bits per heavy atom. The first kappa shape index (κ1) is 8.52. The van der Waals surface area contributed by atoms with Crippen molar-refractivity contribution >= 4 is 0 Å². The van der Waals surface area contributed by atoms with E-state index in [1.807, 2.05) is 0 Å². The Hall–Kier alpha value is -0.0800. The average Bonchev–Trinajstić information content (AvgIpc) is 2.05. The van der Waals surface area contributed by atoms with Gasteiger partial charge in [0.1, 0.15) is 0 Å². The van der Waals surface area contributed by atoms with Crippen LogP contribution in [0.4, 0.5) is 0 Å². The molecule has 2 unspecified atom stereocenters. The predicted octanol–water partition coefficient (Wildman–Crippen LogP) is 1.22. The van der Waals surface area contributed by atoms with E-state index in [0.29, 0.717) is 5.54 Å². The zero-order valence-corrected chi connectivity index (χ0v) is 8.43. The molecule has 12 heavy (non-hydrogen) atoms. The van der Waals surface area contributed by atoms with Crippen LogP contribution >= 0.6 is 0 Å². The summed E-state index contributed by atoms with van der Waals surface area (Å²) in [6.07, 6.45) is 2.78. The summed E-state index contributed by atoms with van der Waals surface area (Å²) in [4.78, 5) is 2.66. The van der Waals surface area contributed by atoms with Crippen molar-refractivity contribution in [2.75, 3.05) is 13.1 Å². The molecule has 3 aliphatic rings. The minimum Gasteiger partial charge on any atom is -0.311 e. The van der Waals surface area contributed by atoms with Gasteiger partial charge in [-0.25, -0.2) is 0 Å². The van der Waals surface area contributed by atoms with Crippen LogP contribution in [0, 0.1) is 0 Å². The highest BCUT2D eigenvalue weighted by Gasteiger charge is 2.38. The molecule has 0 saturated carbocycles. The molecule has 3 heterocycles. The lowest BCUT2D eigenvalue weighted by Gasteiger charge is -2.51. The molecule has 2 heteroatoms. The maximum atomic E-state index is 3.58. The van der Waals surface area contributed by atoms with Crippen molar-refractivity contribution < 1.29 is 0 Å². The Bertz CT molecular complexity index is 163. The van der Waals surface area contributed by atoms with E-state index in [1.54, 1.807) is 0 Å². The van der Waals surface area contributed by atoms with Gasteiger partial charge in [-0.1, -0.05) is 0 Å². The van der Waals surface area contributed by atoms with E-state index in [0.717, 1.165) is 12.1 Å². The molecule has 0 aromatic rings. The summed E-state index contributed by atoms with van der Waals surface area (Å²) >= 11 is 0. The van der Waals surface area contributed by atoms with Crippen LogP contribution < -0.4 is 5.32 Å². The second-order valence-electron chi connectivity index (χ2n) is 5.16. The molecule has 2 bridgehead atoms. The van der Waals surface area contributed by atoms with Gasteiger partial charge in [0.2, 0.25) is 0 Å². The minimum atomic E-state index is 0.367. The van der Waals surface area contributed by atoms with Crippen molar-refractivity contribution in [3.63, 3.8) is 0 Å². The molecule has 3 fully saturated rings. The van der Waals surface area contributed by atoms with Gasteiger partial charge in [0.15, 0.2) is 0 Å². The molecule has 70 valence electrons. The first-order valence-corrected chi connectivity index (χ1v) is 5.07. The molecule has 0 radical (unpaired) electrons. The third kappa shape index (κ3) is 1.38. The van der Waals surface area contributed by atoms with Crippen molar-refractivity contribution in [3.05, 3.63) is 0 Å². The van der Waals surface area contributed by atoms with E-state index in [-0.39, 0.29) is 0 Å². The van der Waals surface area contributed by atoms with Gasteiger partial charge in [-0.3, -0.25) is 4.90 Å². The van der Waals surface area contributed by atoms with Gasteiger partial charge >= 0.3 is 0 Å². The van der Waals surface area contributed by atoms with Crippen LogP contribution in [-0.2, 0) is 0 Å². The monoisotopic (exact) mass is 168 g/mol. The second kappa shape index (κ2) is 2.71. The molecule has 3 rings (SSSR count). The van der Waals surface area contributed by atoms with E-state index in [1.165, 1.54) is 25.9 Å². The van der Waals surface area contributed by atoms with Gasteiger partial charge in [-0.05, 0) is 33.6 Å². The third-order valence-electron chi connectivity index (χ3n) is 3.21. The van der Waals surface area contributed by atoms with Crippen molar-refractivity contribution in [1.29, 1.82) is 0 Å². The van der Waals surface area contributed by atoms with Crippen LogP contribution in [-0.4, -0.2) is 35.6 Å². The first-order valence-electron chi connectivity index (χ1n) is 5.07. The second-order valence-corrected chi connectivity index (χ2v) is 5.16. The molecule has 2 atom stereocenters. The van der Waals surface area contributed by atoms with Crippen molar-refractivity contribution in [1.82, 2.24) is 10.2 Å². The van der Waals surface area contributed by atoms with E-state index < -0.39 is 0 Å². The summed E-state index contributed by atoms with van der Waals surface area (Å²) in [5.41, 5.74) is 0.367. The molecular weight excluding hydrogens is 148 g/mol. The van der Waals surface area contributed by atoms with Crippen LogP contribution in [0.3, 0.4) is 0 Å². The zero-order chi connectivity index (χ0) is 8.77. The fourth-order valence-corrected chi connectivity index (χ4v) is 2.53. The molecule has 0 aromatic heterocycles. The maximum absolute atomic E-state index is 3.58. The summed E-state index contributed by atoms with van der Waals surface area (Å²) in [6.45, 7) is 9.45. The number of nitrogens with one attached hydrogen (secondary N) is 1. The van der Waals surface area contributed by atoms with Gasteiger partial charge in [0.25, 0.3) is 0 Å². The van der Waals surface area contributed by atoms with Crippen molar-refractivity contribution in [2.24, 2.45) is 0 Å². The van der Waals surface area contributed by atoms with E-state index >= 15 is 0 Å². The zero-order valence-electron chi connectivity index (χ0n) is 8.43. The maximum Gasteiger partial charge on any atom is 0.0227 e. The van der Waals surface area contributed by atoms with Crippen LogP contribution in [0.25, 0.3) is 0 Å². The average molecular weight is 168 g/mol. The lowest BCUT2D eigenvalue weighted by molar-refractivity contribution is 0.00390. The summed E-state index contributed by atoms with van der Waals surface area (Å²) in [7, 11) is 0. The normalized spacial score (nSPS) is 37.2. The summed E-state index contributed by atoms with van der Waals surface area (Å²) in [5, 5.41) is 3.58. The Labute approximate surface area is 75.3 Å². The number of piperazine rings is 1. The minimum absolute atomic E-state index is 0.367. The summed E-state index contributed by atoms with van der Waals surface area (Å²) in [6, 6.07) is 1.57. The van der Waals surface area contributed by atoms with Crippen LogP contribution in [0.5, 0.6) is 0 Å². The Morgan fingerprint density at radius 1 is 1.25 bits per heavy atom. The first-order chi connectivity index (χ1) is 5.57. The number of piperidine rings is 2. The molecule has 0 spiro atoms. The molecule has 3 saturated heterocycles. The molecule has 0 amide bonds. The standard InChI is InChI=1S/C10H20N2/c1-10(2,3)12-7-8-4-5-9(12)6-11-8/h8-9,11H,4-7H2,1-3H3. The fraction of sp³-hybridized carbons (Fsp3) is 1.00. The largest absolute Gasteiger partial charge is 0.311 e. The lowest BCUT2D eigenvalue weighted by Crippen LogP contribution is -2.65. The van der Waals surface area contributed by atoms with Gasteiger partial charge in [-0.15, -0.1) is 0 Å². The van der Waals surface area contributed by atoms with Crippen LogP contribution in [0.2, 0.25) is 0 Å². The number of nitrogens with zero attached hydrogens (tertiary/aromatic N) is 1. The predicted molar refractivity (Wildman–Crippen MR) is 51.3 cm³/mol. The number of hydrogen-bond acceptors (Lipinski definition) is 2. The van der Waals surface area contributed by atoms with E-state index in [2.05, 4.69) is 31.0 Å². The topological polar surface area (TPSA) is 15.3 Å². The molecule has 1 N–H and O–H groups in total. The Morgan fingerprint density at radius 2 is 2.00 bits per heavy atom. The molecule has 0 aromatic carbocycles. The quantitative estimate of drug-likeness (QED) is 0.585. The number of fused-ring (bicyclic) bond motifs is 3. The lowest BCUT2D eigenvalue weighted by atomic mass is 9.88. The smallest absolute Gasteiger partial charge is 0.0227 e. The third-order valence-corrected chi connectivity index (χ3v) is 3.21. The summed E-state index contributed by atoms with van der Waals surface area (Å²) in [5.74, 6) is 0. The van der Waals surface area contributed by atoms with Crippen molar-refractivity contribution in [2.45, 2.75) is 51.2 Å². The molecular formula is C10H20N2. The van der Waals surface area contributed by atoms with Gasteiger partial charge in [0, 0.05) is 30.7 Å². The highest BCUT2D eigenvalue weighted by molar-refractivity contribution is 4.97. The fourth-order valence-electron chi connectivity index (χ4n) is 2.53. The van der Waals surface area contributed by atoms with Gasteiger partial charge in [-0.2, -0.15) is 0 Å². The molecule has 3 aliphatic heterocycles. The SMILES string of the molecule is CC(C)(C)N1CC2CCC1CN2. The van der Waals surface area contributed by atoms with E-state index in [4.69, 9.17) is 0 Å². The molecule has 0 aliphatic carbocycles. The Kier molecular flexibility index (Phi) is 1.92. The van der Waals surface area contributed by atoms with Gasteiger partial charge < -0.3 is 5.32 Å². The summed E-state index contributed by atoms with van der Waals surface area (Å²) < 4.78 is 0. The van der Waals surface area contributed by atoms with Crippen molar-refractivity contribution in [3.8, 4) is 0 Å². The number of hydrogen-bond donors (Lipinski definition) is 1. The Balaban J connectivity index is 2.09.